The molecule has 1 aromatic rings. The highest BCUT2D eigenvalue weighted by Crippen LogP contribution is 2.16. The number of piperazine rings is 1. The molecule has 21 heavy (non-hydrogen) atoms. The molecular weight excluding hydrogens is 272 g/mol. The molecule has 7 nitrogen and oxygen atoms in total. The Bertz CT molecular complexity index is 526. The summed E-state index contributed by atoms with van der Waals surface area (Å²) < 4.78 is 5.21. The SMILES string of the molecule is CC(=O)N1CCN(Cc2coc(C)n2)C(C(=O)N(C)C)C1. The van der Waals surface area contributed by atoms with Gasteiger partial charge < -0.3 is 14.2 Å². The van der Waals surface area contributed by atoms with E-state index in [0.29, 0.717) is 32.1 Å². The molecule has 0 bridgehead atoms. The van der Waals surface area contributed by atoms with Crippen molar-refractivity contribution in [1.29, 1.82) is 0 Å². The van der Waals surface area contributed by atoms with Gasteiger partial charge in [0, 0.05) is 54.1 Å². The number of hydrogen-bond acceptors (Lipinski definition) is 5. The van der Waals surface area contributed by atoms with Crippen LogP contribution in [-0.2, 0) is 16.1 Å². The first-order chi connectivity index (χ1) is 9.88. The average molecular weight is 294 g/mol. The summed E-state index contributed by atoms with van der Waals surface area (Å²) in [6.45, 7) is 5.57. The van der Waals surface area contributed by atoms with E-state index in [2.05, 4.69) is 9.88 Å². The molecule has 2 heterocycles. The highest BCUT2D eigenvalue weighted by molar-refractivity contribution is 5.83. The van der Waals surface area contributed by atoms with Gasteiger partial charge in [0.25, 0.3) is 0 Å². The summed E-state index contributed by atoms with van der Waals surface area (Å²) in [5, 5.41) is 0. The van der Waals surface area contributed by atoms with Gasteiger partial charge in [-0.25, -0.2) is 4.98 Å². The highest BCUT2D eigenvalue weighted by Gasteiger charge is 2.34. The van der Waals surface area contributed by atoms with E-state index < -0.39 is 0 Å². The summed E-state index contributed by atoms with van der Waals surface area (Å²) in [5.41, 5.74) is 0.806. The Morgan fingerprint density at radius 3 is 2.67 bits per heavy atom. The first-order valence-corrected chi connectivity index (χ1v) is 7.00. The van der Waals surface area contributed by atoms with E-state index in [-0.39, 0.29) is 17.9 Å². The van der Waals surface area contributed by atoms with E-state index in [1.165, 1.54) is 6.92 Å². The van der Waals surface area contributed by atoms with E-state index in [1.54, 1.807) is 37.1 Å². The molecule has 1 aromatic heterocycles. The third-order valence-electron chi connectivity index (χ3n) is 3.69. The number of rotatable bonds is 3. The van der Waals surface area contributed by atoms with Gasteiger partial charge in [-0.1, -0.05) is 0 Å². The predicted octanol–water partition coefficient (Wildman–Crippen LogP) is 0.104. The molecule has 1 atom stereocenters. The van der Waals surface area contributed by atoms with Gasteiger partial charge in [-0.3, -0.25) is 14.5 Å². The summed E-state index contributed by atoms with van der Waals surface area (Å²) in [6, 6.07) is -0.338. The van der Waals surface area contributed by atoms with Crippen LogP contribution in [0.15, 0.2) is 10.7 Å². The maximum atomic E-state index is 12.4. The highest BCUT2D eigenvalue weighted by atomic mass is 16.3. The van der Waals surface area contributed by atoms with E-state index in [4.69, 9.17) is 4.42 Å². The molecule has 0 aromatic carbocycles. The molecule has 1 saturated heterocycles. The van der Waals surface area contributed by atoms with Crippen molar-refractivity contribution in [2.45, 2.75) is 26.4 Å². The third kappa shape index (κ3) is 3.60. The maximum absolute atomic E-state index is 12.4. The predicted molar refractivity (Wildman–Crippen MR) is 76.4 cm³/mol. The molecule has 0 spiro atoms. The van der Waals surface area contributed by atoms with E-state index in [9.17, 15) is 9.59 Å². The van der Waals surface area contributed by atoms with Crippen molar-refractivity contribution in [3.63, 3.8) is 0 Å². The van der Waals surface area contributed by atoms with Crippen molar-refractivity contribution in [2.75, 3.05) is 33.7 Å². The first kappa shape index (κ1) is 15.5. The van der Waals surface area contributed by atoms with Crippen LogP contribution in [0.3, 0.4) is 0 Å². The quantitative estimate of drug-likeness (QED) is 0.791. The van der Waals surface area contributed by atoms with Gasteiger partial charge in [-0.15, -0.1) is 0 Å². The number of likely N-dealkylation sites (N-methyl/N-ethyl adjacent to an activating group) is 1. The van der Waals surface area contributed by atoms with Gasteiger partial charge in [-0.05, 0) is 0 Å². The Morgan fingerprint density at radius 2 is 2.14 bits per heavy atom. The van der Waals surface area contributed by atoms with Gasteiger partial charge in [-0.2, -0.15) is 0 Å². The molecular formula is C14H22N4O3. The molecule has 1 fully saturated rings. The number of hydrogen-bond donors (Lipinski definition) is 0. The Morgan fingerprint density at radius 1 is 1.43 bits per heavy atom. The smallest absolute Gasteiger partial charge is 0.241 e. The normalized spacial score (nSPS) is 19.6. The van der Waals surface area contributed by atoms with Gasteiger partial charge in [0.1, 0.15) is 12.3 Å². The zero-order chi connectivity index (χ0) is 15.6. The third-order valence-corrected chi connectivity index (χ3v) is 3.69. The summed E-state index contributed by atoms with van der Waals surface area (Å²) in [6.07, 6.45) is 1.61. The molecule has 2 amide bonds. The van der Waals surface area contributed by atoms with Gasteiger partial charge >= 0.3 is 0 Å². The largest absolute Gasteiger partial charge is 0.449 e. The van der Waals surface area contributed by atoms with Crippen molar-refractivity contribution in [3.8, 4) is 0 Å². The minimum Gasteiger partial charge on any atom is -0.449 e. The number of nitrogens with zero attached hydrogens (tertiary/aromatic N) is 4. The molecule has 1 unspecified atom stereocenters. The molecule has 0 radical (unpaired) electrons. The number of aromatic nitrogens is 1. The van der Waals surface area contributed by atoms with Crippen LogP contribution in [0, 0.1) is 6.92 Å². The molecule has 0 saturated carbocycles. The van der Waals surface area contributed by atoms with Crippen LogP contribution in [0.1, 0.15) is 18.5 Å². The second kappa shape index (κ2) is 6.26. The summed E-state index contributed by atoms with van der Waals surface area (Å²) in [4.78, 5) is 33.6. The Kier molecular flexibility index (Phi) is 4.62. The number of amides is 2. The number of aryl methyl sites for hydroxylation is 1. The summed E-state index contributed by atoms with van der Waals surface area (Å²) in [7, 11) is 3.46. The van der Waals surface area contributed by atoms with E-state index in [1.807, 2.05) is 0 Å². The number of oxazole rings is 1. The van der Waals surface area contributed by atoms with Crippen molar-refractivity contribution < 1.29 is 14.0 Å². The van der Waals surface area contributed by atoms with Crippen molar-refractivity contribution >= 4 is 11.8 Å². The van der Waals surface area contributed by atoms with Crippen LogP contribution in [0.2, 0.25) is 0 Å². The van der Waals surface area contributed by atoms with E-state index >= 15 is 0 Å². The second-order valence-electron chi connectivity index (χ2n) is 5.54. The lowest BCUT2D eigenvalue weighted by molar-refractivity contribution is -0.141. The van der Waals surface area contributed by atoms with Gasteiger partial charge in [0.05, 0.1) is 5.69 Å². The Labute approximate surface area is 124 Å². The second-order valence-corrected chi connectivity index (χ2v) is 5.54. The fourth-order valence-corrected chi connectivity index (χ4v) is 2.52. The maximum Gasteiger partial charge on any atom is 0.241 e. The monoisotopic (exact) mass is 294 g/mol. The molecule has 7 heteroatoms. The number of carbonyl (C=O) groups is 2. The zero-order valence-corrected chi connectivity index (χ0v) is 13.0. The van der Waals surface area contributed by atoms with Crippen LogP contribution < -0.4 is 0 Å². The molecule has 1 aliphatic rings. The van der Waals surface area contributed by atoms with Crippen molar-refractivity contribution in [3.05, 3.63) is 17.8 Å². The van der Waals surface area contributed by atoms with Crippen LogP contribution in [0.4, 0.5) is 0 Å². The topological polar surface area (TPSA) is 69.9 Å². The lowest BCUT2D eigenvalue weighted by Crippen LogP contribution is -2.59. The summed E-state index contributed by atoms with van der Waals surface area (Å²) in [5.74, 6) is 0.618. The summed E-state index contributed by atoms with van der Waals surface area (Å²) >= 11 is 0. The molecule has 0 aliphatic carbocycles. The molecule has 0 N–H and O–H groups in total. The lowest BCUT2D eigenvalue weighted by Gasteiger charge is -2.40. The molecule has 2 rings (SSSR count). The average Bonchev–Trinajstić information content (AvgIpc) is 2.83. The fourth-order valence-electron chi connectivity index (χ4n) is 2.52. The van der Waals surface area contributed by atoms with E-state index in [0.717, 1.165) is 5.69 Å². The van der Waals surface area contributed by atoms with Crippen LogP contribution >= 0.6 is 0 Å². The first-order valence-electron chi connectivity index (χ1n) is 7.00. The Hall–Kier alpha value is -1.89. The zero-order valence-electron chi connectivity index (χ0n) is 13.0. The minimum atomic E-state index is -0.338. The van der Waals surface area contributed by atoms with Crippen LogP contribution in [-0.4, -0.2) is 71.3 Å². The number of carbonyl (C=O) groups excluding carboxylic acids is 2. The Balaban J connectivity index is 2.13. The standard InChI is InChI=1S/C14H22N4O3/c1-10-15-12(9-21-10)7-18-6-5-17(11(2)19)8-13(18)14(20)16(3)4/h9,13H,5-8H2,1-4H3. The van der Waals surface area contributed by atoms with Crippen molar-refractivity contribution in [1.82, 2.24) is 19.7 Å². The molecule has 116 valence electrons. The van der Waals surface area contributed by atoms with Crippen molar-refractivity contribution in [2.24, 2.45) is 0 Å². The van der Waals surface area contributed by atoms with Gasteiger partial charge in [0.2, 0.25) is 11.8 Å². The fraction of sp³-hybridized carbons (Fsp3) is 0.643. The van der Waals surface area contributed by atoms with Crippen LogP contribution in [0.25, 0.3) is 0 Å². The van der Waals surface area contributed by atoms with Gasteiger partial charge in [0.15, 0.2) is 5.89 Å². The minimum absolute atomic E-state index is 0.00108. The lowest BCUT2D eigenvalue weighted by atomic mass is 10.1. The molecule has 1 aliphatic heterocycles. The van der Waals surface area contributed by atoms with Crippen LogP contribution in [0.5, 0.6) is 0 Å².